The molecule has 0 radical (unpaired) electrons. The third-order valence-corrected chi connectivity index (χ3v) is 2.67. The minimum atomic E-state index is -0.861. The Morgan fingerprint density at radius 3 is 2.56 bits per heavy atom. The van der Waals surface area contributed by atoms with Crippen LogP contribution in [0.4, 0.5) is 8.78 Å². The van der Waals surface area contributed by atoms with Gasteiger partial charge in [-0.25, -0.2) is 13.8 Å². The zero-order valence-corrected chi connectivity index (χ0v) is 10.8. The van der Waals surface area contributed by atoms with Gasteiger partial charge < -0.3 is 9.88 Å². The molecule has 98 valence electrons. The summed E-state index contributed by atoms with van der Waals surface area (Å²) in [5.41, 5.74) is 1.13. The second-order valence-corrected chi connectivity index (χ2v) is 5.37. The highest BCUT2D eigenvalue weighted by atomic mass is 19.2. The van der Waals surface area contributed by atoms with Crippen LogP contribution in [0.15, 0.2) is 18.5 Å². The van der Waals surface area contributed by atoms with Crippen LogP contribution in [0.5, 0.6) is 0 Å². The number of benzene rings is 1. The first-order chi connectivity index (χ1) is 8.37. The van der Waals surface area contributed by atoms with Crippen LogP contribution >= 0.6 is 0 Å². The number of nitrogens with zero attached hydrogens (tertiary/aromatic N) is 2. The summed E-state index contributed by atoms with van der Waals surface area (Å²) < 4.78 is 28.0. The van der Waals surface area contributed by atoms with E-state index in [9.17, 15) is 8.78 Å². The average molecular weight is 253 g/mol. The molecule has 0 aliphatic heterocycles. The largest absolute Gasteiger partial charge is 0.329 e. The van der Waals surface area contributed by atoms with Gasteiger partial charge in [0.25, 0.3) is 0 Å². The van der Waals surface area contributed by atoms with Gasteiger partial charge in [0.1, 0.15) is 0 Å². The normalized spacial score (nSPS) is 12.3. The quantitative estimate of drug-likeness (QED) is 0.911. The molecule has 0 fully saturated rings. The Morgan fingerprint density at radius 1 is 1.22 bits per heavy atom. The molecule has 0 saturated carbocycles. The maximum atomic E-state index is 13.2. The van der Waals surface area contributed by atoms with Gasteiger partial charge in [-0.05, 0) is 20.8 Å². The Bertz CT molecular complexity index is 555. The van der Waals surface area contributed by atoms with E-state index in [0.717, 1.165) is 12.6 Å². The van der Waals surface area contributed by atoms with E-state index in [-0.39, 0.29) is 5.54 Å². The minimum absolute atomic E-state index is 0.0355. The molecule has 0 amide bonds. The zero-order valence-electron chi connectivity index (χ0n) is 10.8. The summed E-state index contributed by atoms with van der Waals surface area (Å²) in [4.78, 5) is 4.06. The van der Waals surface area contributed by atoms with Crippen molar-refractivity contribution in [1.29, 1.82) is 0 Å². The van der Waals surface area contributed by atoms with Crippen LogP contribution in [0.1, 0.15) is 20.8 Å². The molecule has 1 aromatic carbocycles. The molecule has 0 aliphatic rings. The number of hydrogen-bond acceptors (Lipinski definition) is 2. The predicted molar refractivity (Wildman–Crippen MR) is 67.4 cm³/mol. The minimum Gasteiger partial charge on any atom is -0.329 e. The lowest BCUT2D eigenvalue weighted by atomic mass is 10.1. The first-order valence-electron chi connectivity index (χ1n) is 5.92. The standard InChI is InChI=1S/C13H17F2N3/c1-13(2,3)17-4-5-18-8-16-11-6-9(14)10(15)7-12(11)18/h6-8,17H,4-5H2,1-3H3. The molecule has 0 atom stereocenters. The Balaban J connectivity index is 2.17. The van der Waals surface area contributed by atoms with E-state index < -0.39 is 11.6 Å². The average Bonchev–Trinajstić information content (AvgIpc) is 2.60. The number of fused-ring (bicyclic) bond motifs is 1. The summed E-state index contributed by atoms with van der Waals surface area (Å²) >= 11 is 0. The lowest BCUT2D eigenvalue weighted by molar-refractivity contribution is 0.414. The van der Waals surface area contributed by atoms with E-state index >= 15 is 0 Å². The lowest BCUT2D eigenvalue weighted by Crippen LogP contribution is -2.37. The summed E-state index contributed by atoms with van der Waals surface area (Å²) in [6.07, 6.45) is 1.61. The molecule has 0 bridgehead atoms. The SMILES string of the molecule is CC(C)(C)NCCn1cnc2cc(F)c(F)cc21. The van der Waals surface area contributed by atoms with Gasteiger partial charge in [-0.1, -0.05) is 0 Å². The second kappa shape index (κ2) is 4.65. The second-order valence-electron chi connectivity index (χ2n) is 5.37. The monoisotopic (exact) mass is 253 g/mol. The third-order valence-electron chi connectivity index (χ3n) is 2.67. The van der Waals surface area contributed by atoms with E-state index in [2.05, 4.69) is 31.1 Å². The van der Waals surface area contributed by atoms with Crippen LogP contribution in [-0.2, 0) is 6.54 Å². The van der Waals surface area contributed by atoms with E-state index in [4.69, 9.17) is 0 Å². The van der Waals surface area contributed by atoms with Crippen LogP contribution in [0, 0.1) is 11.6 Å². The fourth-order valence-corrected chi connectivity index (χ4v) is 1.78. The number of halogens is 2. The maximum absolute atomic E-state index is 13.2. The third kappa shape index (κ3) is 2.85. The molecule has 1 heterocycles. The topological polar surface area (TPSA) is 29.9 Å². The van der Waals surface area contributed by atoms with Gasteiger partial charge in [-0.2, -0.15) is 0 Å². The highest BCUT2D eigenvalue weighted by Gasteiger charge is 2.11. The van der Waals surface area contributed by atoms with Crippen molar-refractivity contribution in [3.63, 3.8) is 0 Å². The number of nitrogens with one attached hydrogen (secondary N) is 1. The van der Waals surface area contributed by atoms with Crippen molar-refractivity contribution >= 4 is 11.0 Å². The van der Waals surface area contributed by atoms with Crippen molar-refractivity contribution in [1.82, 2.24) is 14.9 Å². The molecule has 1 N–H and O–H groups in total. The van der Waals surface area contributed by atoms with Crippen molar-refractivity contribution in [3.8, 4) is 0 Å². The first-order valence-corrected chi connectivity index (χ1v) is 5.92. The number of aromatic nitrogens is 2. The molecule has 2 rings (SSSR count). The number of hydrogen-bond donors (Lipinski definition) is 1. The summed E-state index contributed by atoms with van der Waals surface area (Å²) in [6, 6.07) is 2.31. The van der Waals surface area contributed by atoms with Gasteiger partial charge in [0.2, 0.25) is 0 Å². The van der Waals surface area contributed by atoms with Crippen molar-refractivity contribution in [2.75, 3.05) is 6.54 Å². The zero-order chi connectivity index (χ0) is 13.3. The fraction of sp³-hybridized carbons (Fsp3) is 0.462. The first kappa shape index (κ1) is 13.0. The molecule has 0 unspecified atom stereocenters. The number of imidazole rings is 1. The summed E-state index contributed by atoms with van der Waals surface area (Å²) in [6.45, 7) is 7.64. The van der Waals surface area contributed by atoms with Crippen molar-refractivity contribution in [3.05, 3.63) is 30.1 Å². The lowest BCUT2D eigenvalue weighted by Gasteiger charge is -2.20. The van der Waals surface area contributed by atoms with Crippen molar-refractivity contribution < 1.29 is 8.78 Å². The van der Waals surface area contributed by atoms with E-state index in [1.807, 2.05) is 4.57 Å². The molecular formula is C13H17F2N3. The van der Waals surface area contributed by atoms with Gasteiger partial charge in [0.15, 0.2) is 11.6 Å². The molecule has 18 heavy (non-hydrogen) atoms. The van der Waals surface area contributed by atoms with E-state index in [0.29, 0.717) is 17.6 Å². The van der Waals surface area contributed by atoms with E-state index in [1.54, 1.807) is 6.33 Å². The van der Waals surface area contributed by atoms with Gasteiger partial charge in [-0.15, -0.1) is 0 Å². The molecule has 0 aliphatic carbocycles. The van der Waals surface area contributed by atoms with Gasteiger partial charge in [0, 0.05) is 30.8 Å². The molecule has 0 spiro atoms. The number of rotatable bonds is 3. The summed E-state index contributed by atoms with van der Waals surface area (Å²) in [5, 5.41) is 3.33. The van der Waals surface area contributed by atoms with Crippen LogP contribution < -0.4 is 5.32 Å². The van der Waals surface area contributed by atoms with Crippen LogP contribution in [0.2, 0.25) is 0 Å². The Labute approximate surface area is 105 Å². The Hall–Kier alpha value is -1.49. The van der Waals surface area contributed by atoms with Crippen LogP contribution in [-0.4, -0.2) is 21.6 Å². The van der Waals surface area contributed by atoms with Crippen LogP contribution in [0.25, 0.3) is 11.0 Å². The molecule has 1 aromatic heterocycles. The van der Waals surface area contributed by atoms with E-state index in [1.165, 1.54) is 6.07 Å². The van der Waals surface area contributed by atoms with Gasteiger partial charge in [0.05, 0.1) is 17.4 Å². The highest BCUT2D eigenvalue weighted by molar-refractivity contribution is 5.75. The van der Waals surface area contributed by atoms with Gasteiger partial charge in [-0.3, -0.25) is 0 Å². The summed E-state index contributed by atoms with van der Waals surface area (Å²) in [5.74, 6) is -1.70. The predicted octanol–water partition coefficient (Wildman–Crippen LogP) is 2.70. The highest BCUT2D eigenvalue weighted by Crippen LogP contribution is 2.17. The van der Waals surface area contributed by atoms with Crippen molar-refractivity contribution in [2.24, 2.45) is 0 Å². The smallest absolute Gasteiger partial charge is 0.161 e. The Kier molecular flexibility index (Phi) is 3.34. The van der Waals surface area contributed by atoms with Gasteiger partial charge >= 0.3 is 0 Å². The molecule has 3 nitrogen and oxygen atoms in total. The molecule has 2 aromatic rings. The van der Waals surface area contributed by atoms with Crippen LogP contribution in [0.3, 0.4) is 0 Å². The molecule has 5 heteroatoms. The summed E-state index contributed by atoms with van der Waals surface area (Å²) in [7, 11) is 0. The van der Waals surface area contributed by atoms with Crippen molar-refractivity contribution in [2.45, 2.75) is 32.9 Å². The maximum Gasteiger partial charge on any atom is 0.161 e. The Morgan fingerprint density at radius 2 is 1.89 bits per heavy atom. The molecular weight excluding hydrogens is 236 g/mol. The molecule has 0 saturated heterocycles. The fourth-order valence-electron chi connectivity index (χ4n) is 1.78.